The number of hydrogen-bond donors (Lipinski definition) is 0. The van der Waals surface area contributed by atoms with E-state index >= 15 is 0 Å². The Morgan fingerprint density at radius 2 is 1.95 bits per heavy atom. The third-order valence-electron chi connectivity index (χ3n) is 3.51. The van der Waals surface area contributed by atoms with Gasteiger partial charge in [-0.15, -0.1) is 0 Å². The number of amides is 1. The van der Waals surface area contributed by atoms with Crippen molar-refractivity contribution < 1.29 is 17.7 Å². The van der Waals surface area contributed by atoms with Crippen molar-refractivity contribution in [2.75, 3.05) is 11.9 Å². The molecule has 0 N–H and O–H groups in total. The largest absolute Gasteiger partial charge is 0.313 e. The van der Waals surface area contributed by atoms with Crippen LogP contribution < -0.4 is 4.90 Å². The van der Waals surface area contributed by atoms with Gasteiger partial charge in [-0.2, -0.15) is 0 Å². The Balaban J connectivity index is 2.23. The molecule has 0 aromatic heterocycles. The number of nitrogens with zero attached hydrogens (tertiary/aromatic N) is 2. The number of rotatable bonds is 1. The van der Waals surface area contributed by atoms with Gasteiger partial charge in [-0.1, -0.05) is 17.7 Å². The lowest BCUT2D eigenvalue weighted by Gasteiger charge is -2.21. The molecule has 0 fully saturated rings. The van der Waals surface area contributed by atoms with Crippen molar-refractivity contribution >= 4 is 17.8 Å². The summed E-state index contributed by atoms with van der Waals surface area (Å²) in [5, 5.41) is 0. The molecule has 1 amide bonds. The third-order valence-corrected chi connectivity index (χ3v) is 3.51. The molecule has 1 aliphatic heterocycles. The first-order valence-electron chi connectivity index (χ1n) is 8.12. The Labute approximate surface area is 131 Å². The quantitative estimate of drug-likeness (QED) is 0.794. The Bertz CT molecular complexity index is 860. The molecule has 0 saturated heterocycles. The highest BCUT2D eigenvalue weighted by atomic mass is 19.1. The van der Waals surface area contributed by atoms with Gasteiger partial charge in [0.05, 0.1) is 11.3 Å². The fourth-order valence-corrected chi connectivity index (χ4v) is 2.41. The Morgan fingerprint density at radius 1 is 1.23 bits per heavy atom. The van der Waals surface area contributed by atoms with Gasteiger partial charge in [0.25, 0.3) is 5.91 Å². The fourth-order valence-electron chi connectivity index (χ4n) is 2.41. The van der Waals surface area contributed by atoms with Crippen molar-refractivity contribution in [3.05, 3.63) is 64.7 Å². The molecule has 0 spiro atoms. The van der Waals surface area contributed by atoms with E-state index in [0.717, 1.165) is 17.7 Å². The van der Waals surface area contributed by atoms with Gasteiger partial charge in [0.2, 0.25) is 0 Å². The van der Waals surface area contributed by atoms with E-state index < -0.39 is 36.1 Å². The Morgan fingerprint density at radius 3 is 2.64 bits per heavy atom. The van der Waals surface area contributed by atoms with Crippen LogP contribution in [-0.4, -0.2) is 19.1 Å². The van der Waals surface area contributed by atoms with Crippen LogP contribution in [0.4, 0.5) is 14.5 Å². The third kappa shape index (κ3) is 2.28. The van der Waals surface area contributed by atoms with E-state index in [-0.39, 0.29) is 5.69 Å². The van der Waals surface area contributed by atoms with Gasteiger partial charge in [-0.05, 0) is 31.2 Å². The summed E-state index contributed by atoms with van der Waals surface area (Å²) in [5.74, 6) is -2.92. The molecule has 2 aromatic rings. The second kappa shape index (κ2) is 5.33. The van der Waals surface area contributed by atoms with Crippen LogP contribution in [0.15, 0.2) is 41.4 Å². The normalized spacial score (nSPS) is 20.0. The summed E-state index contributed by atoms with van der Waals surface area (Å²) in [6.45, 7) is -1.02. The summed E-state index contributed by atoms with van der Waals surface area (Å²) >= 11 is 0. The molecule has 3 nitrogen and oxygen atoms in total. The zero-order valence-corrected chi connectivity index (χ0v) is 11.7. The van der Waals surface area contributed by atoms with Gasteiger partial charge in [-0.25, -0.2) is 8.78 Å². The number of carbonyl (C=O) groups is 1. The van der Waals surface area contributed by atoms with E-state index in [0.29, 0.717) is 10.5 Å². The van der Waals surface area contributed by atoms with Gasteiger partial charge >= 0.3 is 0 Å². The highest BCUT2D eigenvalue weighted by molar-refractivity contribution is 6.05. The smallest absolute Gasteiger partial charge is 0.256 e. The SMILES string of the molecule is [3H]C([3H])([3H])N1C(=O)C(c2c(F)cccc2F)N=Cc2cc(C)ccc21. The highest BCUT2D eigenvalue weighted by Crippen LogP contribution is 2.31. The molecule has 22 heavy (non-hydrogen) atoms. The van der Waals surface area contributed by atoms with Crippen molar-refractivity contribution in [1.82, 2.24) is 0 Å². The molecular weight excluding hydrogens is 286 g/mol. The van der Waals surface area contributed by atoms with Crippen LogP contribution >= 0.6 is 0 Å². The zero-order valence-electron chi connectivity index (χ0n) is 14.7. The maximum absolute atomic E-state index is 14.1. The Kier molecular flexibility index (Phi) is 2.68. The van der Waals surface area contributed by atoms with Crippen molar-refractivity contribution in [3.63, 3.8) is 0 Å². The number of benzodiazepines with no additional fused rings is 1. The van der Waals surface area contributed by atoms with E-state index in [1.165, 1.54) is 18.3 Å². The van der Waals surface area contributed by atoms with Gasteiger partial charge in [0.15, 0.2) is 6.04 Å². The van der Waals surface area contributed by atoms with Crippen molar-refractivity contribution in [1.29, 1.82) is 0 Å². The summed E-state index contributed by atoms with van der Waals surface area (Å²) < 4.78 is 51.3. The number of aliphatic imine (C=N–C) groups is 1. The van der Waals surface area contributed by atoms with Crippen LogP contribution in [0.3, 0.4) is 0 Å². The monoisotopic (exact) mass is 306 g/mol. The number of hydrogen-bond acceptors (Lipinski definition) is 2. The number of carbonyl (C=O) groups excluding carboxylic acids is 1. The van der Waals surface area contributed by atoms with Gasteiger partial charge in [0, 0.05) is 22.9 Å². The number of likely N-dealkylation sites (N-methyl/N-ethyl adjacent to an activating group) is 1. The maximum Gasteiger partial charge on any atom is 0.256 e. The molecule has 1 atom stereocenters. The predicted octanol–water partition coefficient (Wildman–Crippen LogP) is 3.41. The van der Waals surface area contributed by atoms with E-state index in [4.69, 9.17) is 4.11 Å². The van der Waals surface area contributed by atoms with Gasteiger partial charge in [0.1, 0.15) is 11.6 Å². The average molecular weight is 306 g/mol. The molecule has 0 bridgehead atoms. The summed E-state index contributed by atoms with van der Waals surface area (Å²) in [4.78, 5) is 17.4. The molecule has 1 unspecified atom stereocenters. The van der Waals surface area contributed by atoms with Crippen molar-refractivity contribution in [2.24, 2.45) is 4.99 Å². The van der Waals surface area contributed by atoms with Gasteiger partial charge < -0.3 is 4.90 Å². The minimum atomic E-state index is -2.82. The first-order chi connectivity index (χ1) is 11.7. The highest BCUT2D eigenvalue weighted by Gasteiger charge is 2.31. The molecule has 0 aliphatic carbocycles. The van der Waals surface area contributed by atoms with E-state index in [1.807, 2.05) is 0 Å². The van der Waals surface area contributed by atoms with Crippen molar-refractivity contribution in [3.8, 4) is 0 Å². The molecule has 3 rings (SSSR count). The summed E-state index contributed by atoms with van der Waals surface area (Å²) in [6, 6.07) is 6.36. The zero-order chi connectivity index (χ0) is 18.4. The minimum Gasteiger partial charge on any atom is -0.313 e. The second-order valence-corrected chi connectivity index (χ2v) is 5.05. The number of anilines is 1. The van der Waals surface area contributed by atoms with E-state index in [9.17, 15) is 13.6 Å². The van der Waals surface area contributed by atoms with Crippen LogP contribution in [-0.2, 0) is 4.79 Å². The minimum absolute atomic E-state index is 0.124. The second-order valence-electron chi connectivity index (χ2n) is 5.05. The molecule has 1 aliphatic rings. The molecule has 5 heteroatoms. The van der Waals surface area contributed by atoms with E-state index in [2.05, 4.69) is 4.99 Å². The number of benzene rings is 2. The number of aryl methyl sites for hydroxylation is 1. The lowest BCUT2D eigenvalue weighted by Crippen LogP contribution is -2.31. The van der Waals surface area contributed by atoms with Gasteiger partial charge in [-0.3, -0.25) is 9.79 Å². The molecule has 112 valence electrons. The van der Waals surface area contributed by atoms with Crippen LogP contribution in [0.25, 0.3) is 0 Å². The number of halogens is 2. The van der Waals surface area contributed by atoms with E-state index in [1.54, 1.807) is 19.1 Å². The molecular formula is C17H14F2N2O. The molecule has 2 aromatic carbocycles. The summed E-state index contributed by atoms with van der Waals surface area (Å²) in [5.41, 5.74) is 0.781. The number of fused-ring (bicyclic) bond motifs is 1. The van der Waals surface area contributed by atoms with Crippen LogP contribution in [0.2, 0.25) is 0 Å². The lowest BCUT2D eigenvalue weighted by molar-refractivity contribution is -0.119. The lowest BCUT2D eigenvalue weighted by atomic mass is 10.0. The molecule has 1 heterocycles. The van der Waals surface area contributed by atoms with Crippen LogP contribution in [0.5, 0.6) is 0 Å². The summed E-state index contributed by atoms with van der Waals surface area (Å²) in [6.07, 6.45) is 1.28. The topological polar surface area (TPSA) is 32.7 Å². The first kappa shape index (κ1) is 11.1. The molecule has 0 saturated carbocycles. The predicted molar refractivity (Wildman–Crippen MR) is 81.3 cm³/mol. The molecule has 0 radical (unpaired) electrons. The van der Waals surface area contributed by atoms with Crippen LogP contribution in [0, 0.1) is 18.6 Å². The fraction of sp³-hybridized carbons (Fsp3) is 0.176. The standard InChI is InChI=1S/C17H14F2N2O/c1-10-6-7-14-11(8-10)9-20-16(17(22)21(14)2)15-12(18)4-3-5-13(15)19/h3-9,16H,1-2H3/i2T3. The Hall–Kier alpha value is -2.56. The summed E-state index contributed by atoms with van der Waals surface area (Å²) in [7, 11) is 0. The maximum atomic E-state index is 14.1. The first-order valence-corrected chi connectivity index (χ1v) is 6.62. The van der Waals surface area contributed by atoms with Crippen LogP contribution in [0.1, 0.15) is 26.8 Å². The van der Waals surface area contributed by atoms with Crippen molar-refractivity contribution in [2.45, 2.75) is 13.0 Å². The average Bonchev–Trinajstić information content (AvgIpc) is 2.64.